The Hall–Kier alpha value is -3.70. The van der Waals surface area contributed by atoms with E-state index in [0.29, 0.717) is 28.0 Å². The predicted octanol–water partition coefficient (Wildman–Crippen LogP) is 5.06. The number of hydrogen-bond acceptors (Lipinski definition) is 6. The molecule has 4 aromatic rings. The lowest BCUT2D eigenvalue weighted by Crippen LogP contribution is -2.18. The number of hydrogen-bond donors (Lipinski definition) is 2. The second kappa shape index (κ2) is 8.92. The van der Waals surface area contributed by atoms with Crippen LogP contribution in [0.2, 0.25) is 0 Å². The molecule has 3 aromatic carbocycles. The van der Waals surface area contributed by atoms with Gasteiger partial charge in [-0.1, -0.05) is 6.07 Å². The van der Waals surface area contributed by atoms with Crippen LogP contribution in [0.25, 0.3) is 22.0 Å². The van der Waals surface area contributed by atoms with Gasteiger partial charge in [0.05, 0.1) is 16.0 Å². The molecule has 0 unspecified atom stereocenters. The Morgan fingerprint density at radius 1 is 0.941 bits per heavy atom. The van der Waals surface area contributed by atoms with E-state index in [1.165, 1.54) is 37.4 Å². The van der Waals surface area contributed by atoms with Crippen LogP contribution < -0.4 is 14.8 Å². The van der Waals surface area contributed by atoms with Crippen LogP contribution in [-0.2, 0) is 16.2 Å². The van der Waals surface area contributed by atoms with Crippen molar-refractivity contribution in [2.75, 3.05) is 19.4 Å². The van der Waals surface area contributed by atoms with Crippen LogP contribution in [0, 0.1) is 0 Å². The van der Waals surface area contributed by atoms with Crippen molar-refractivity contribution in [1.82, 2.24) is 14.7 Å². The van der Waals surface area contributed by atoms with Crippen molar-refractivity contribution in [3.63, 3.8) is 0 Å². The minimum absolute atomic E-state index is 0.00615. The van der Waals surface area contributed by atoms with E-state index >= 15 is 0 Å². The van der Waals surface area contributed by atoms with Crippen molar-refractivity contribution < 1.29 is 26.3 Å². The largest absolute Gasteiger partial charge is 0.457 e. The summed E-state index contributed by atoms with van der Waals surface area (Å²) in [6.07, 6.45) is -2.84. The number of nitrogens with one attached hydrogen (secondary N) is 2. The van der Waals surface area contributed by atoms with Crippen molar-refractivity contribution in [2.24, 2.45) is 0 Å². The first-order chi connectivity index (χ1) is 16.1. The fraction of sp³-hybridized carbons (Fsp3) is 0.130. The average molecular weight is 488 g/mol. The third-order valence-corrected chi connectivity index (χ3v) is 6.47. The van der Waals surface area contributed by atoms with Gasteiger partial charge >= 0.3 is 6.18 Å². The Balaban J connectivity index is 1.80. The second-order valence-corrected chi connectivity index (χ2v) is 9.09. The summed E-state index contributed by atoms with van der Waals surface area (Å²) in [6, 6.07) is 13.8. The Morgan fingerprint density at radius 3 is 2.32 bits per heavy atom. The van der Waals surface area contributed by atoms with Crippen molar-refractivity contribution in [3.8, 4) is 22.6 Å². The summed E-state index contributed by atoms with van der Waals surface area (Å²) in [5.74, 6) is 0.886. The molecule has 0 amide bonds. The van der Waals surface area contributed by atoms with Crippen LogP contribution in [0.4, 0.5) is 19.1 Å². The molecule has 34 heavy (non-hydrogen) atoms. The lowest BCUT2D eigenvalue weighted by Gasteiger charge is -2.15. The van der Waals surface area contributed by atoms with Gasteiger partial charge in [0.1, 0.15) is 11.5 Å². The maximum atomic E-state index is 12.9. The quantitative estimate of drug-likeness (QED) is 0.394. The molecule has 0 fully saturated rings. The molecule has 0 radical (unpaired) electrons. The van der Waals surface area contributed by atoms with Gasteiger partial charge in [0.25, 0.3) is 0 Å². The third kappa shape index (κ3) is 4.80. The van der Waals surface area contributed by atoms with Gasteiger partial charge < -0.3 is 10.1 Å². The highest BCUT2D eigenvalue weighted by molar-refractivity contribution is 7.89. The van der Waals surface area contributed by atoms with Crippen LogP contribution in [0.3, 0.4) is 0 Å². The van der Waals surface area contributed by atoms with Crippen LogP contribution in [0.15, 0.2) is 71.8 Å². The number of nitrogens with zero attached hydrogens (tertiary/aromatic N) is 2. The summed E-state index contributed by atoms with van der Waals surface area (Å²) in [6.45, 7) is 0. The summed E-state index contributed by atoms with van der Waals surface area (Å²) < 4.78 is 71.5. The van der Waals surface area contributed by atoms with E-state index in [1.807, 2.05) is 0 Å². The normalized spacial score (nSPS) is 12.0. The highest BCUT2D eigenvalue weighted by atomic mass is 32.2. The van der Waals surface area contributed by atoms with Gasteiger partial charge in [-0.2, -0.15) is 13.2 Å². The number of ether oxygens (including phenoxy) is 1. The Morgan fingerprint density at radius 2 is 1.68 bits per heavy atom. The molecule has 2 N–H and O–H groups in total. The molecule has 1 heterocycles. The summed E-state index contributed by atoms with van der Waals surface area (Å²) in [5.41, 5.74) is 0.914. The van der Waals surface area contributed by atoms with Gasteiger partial charge in [-0.05, 0) is 67.2 Å². The lowest BCUT2D eigenvalue weighted by molar-refractivity contribution is -0.137. The fourth-order valence-corrected chi connectivity index (χ4v) is 4.02. The monoisotopic (exact) mass is 488 g/mol. The lowest BCUT2D eigenvalue weighted by atomic mass is 10.0. The molecular formula is C23H19F3N4O3S. The Bertz CT molecular complexity index is 1460. The number of alkyl halides is 3. The molecule has 0 aliphatic rings. The number of aromatic nitrogens is 2. The molecular weight excluding hydrogens is 469 g/mol. The average Bonchev–Trinajstić information content (AvgIpc) is 2.83. The zero-order chi connectivity index (χ0) is 24.5. The number of sulfonamides is 1. The van der Waals surface area contributed by atoms with E-state index in [9.17, 15) is 21.6 Å². The van der Waals surface area contributed by atoms with E-state index in [0.717, 1.165) is 12.1 Å². The number of fused-ring (bicyclic) bond motifs is 1. The molecule has 0 saturated heterocycles. The smallest absolute Gasteiger partial charge is 0.416 e. The summed E-state index contributed by atoms with van der Waals surface area (Å²) in [7, 11) is -0.753. The van der Waals surface area contributed by atoms with Crippen LogP contribution in [0.1, 0.15) is 5.56 Å². The maximum Gasteiger partial charge on any atom is 0.416 e. The van der Waals surface area contributed by atoms with Crippen molar-refractivity contribution >= 4 is 26.9 Å². The zero-order valence-corrected chi connectivity index (χ0v) is 18.8. The molecule has 0 aliphatic heterocycles. The van der Waals surface area contributed by atoms with Crippen LogP contribution in [-0.4, -0.2) is 32.5 Å². The van der Waals surface area contributed by atoms with Crippen LogP contribution >= 0.6 is 0 Å². The van der Waals surface area contributed by atoms with E-state index in [-0.39, 0.29) is 16.4 Å². The molecule has 7 nitrogen and oxygen atoms in total. The number of benzene rings is 3. The summed E-state index contributed by atoms with van der Waals surface area (Å²) in [5, 5.41) is 3.57. The molecule has 4 rings (SSSR count). The van der Waals surface area contributed by atoms with Crippen molar-refractivity contribution in [2.45, 2.75) is 11.1 Å². The molecule has 1 aromatic heterocycles. The van der Waals surface area contributed by atoms with Gasteiger partial charge in [-0.15, -0.1) is 0 Å². The first kappa shape index (κ1) is 23.5. The van der Waals surface area contributed by atoms with Crippen molar-refractivity contribution in [3.05, 3.63) is 72.4 Å². The molecule has 176 valence electrons. The number of halogens is 3. The maximum absolute atomic E-state index is 12.9. The molecule has 11 heteroatoms. The number of rotatable bonds is 6. The van der Waals surface area contributed by atoms with Crippen molar-refractivity contribution in [1.29, 1.82) is 0 Å². The first-order valence-electron chi connectivity index (χ1n) is 9.98. The van der Waals surface area contributed by atoms with E-state index in [2.05, 4.69) is 20.0 Å². The first-order valence-corrected chi connectivity index (χ1v) is 11.5. The minimum Gasteiger partial charge on any atom is -0.457 e. The van der Waals surface area contributed by atoms with Crippen LogP contribution in [0.5, 0.6) is 11.5 Å². The zero-order valence-electron chi connectivity index (χ0n) is 18.0. The van der Waals surface area contributed by atoms with E-state index in [1.54, 1.807) is 31.4 Å². The van der Waals surface area contributed by atoms with Gasteiger partial charge in [0.15, 0.2) is 0 Å². The van der Waals surface area contributed by atoms with E-state index < -0.39 is 21.8 Å². The Kier molecular flexibility index (Phi) is 6.15. The van der Waals surface area contributed by atoms with Gasteiger partial charge in [-0.3, -0.25) is 0 Å². The van der Waals surface area contributed by atoms with Gasteiger partial charge in [0.2, 0.25) is 16.0 Å². The second-order valence-electron chi connectivity index (χ2n) is 7.21. The van der Waals surface area contributed by atoms with Gasteiger partial charge in [0, 0.05) is 24.2 Å². The highest BCUT2D eigenvalue weighted by Gasteiger charge is 2.30. The Labute approximate surface area is 193 Å². The van der Waals surface area contributed by atoms with Gasteiger partial charge in [-0.25, -0.2) is 23.1 Å². The fourth-order valence-electron chi connectivity index (χ4n) is 3.27. The summed E-state index contributed by atoms with van der Waals surface area (Å²) in [4.78, 5) is 8.57. The van der Waals surface area contributed by atoms with E-state index in [4.69, 9.17) is 4.74 Å². The minimum atomic E-state index is -4.47. The topological polar surface area (TPSA) is 93.2 Å². The highest BCUT2D eigenvalue weighted by Crippen LogP contribution is 2.37. The molecule has 0 aliphatic carbocycles. The standard InChI is InChI=1S/C23H19F3N4O3S/c1-27-22-29-13-15-11-14(3-9-20(15)30-22)19-12-18(34(31,32)28-2)8-10-21(19)33-17-6-4-16(5-7-17)23(24,25)26/h3-13,28H,1-2H3,(H,27,29,30). The molecule has 0 atom stereocenters. The third-order valence-electron chi connectivity index (χ3n) is 5.05. The number of anilines is 1. The SMILES string of the molecule is CNc1ncc2cc(-c3cc(S(=O)(=O)NC)ccc3Oc3ccc(C(F)(F)F)cc3)ccc2n1. The summed E-state index contributed by atoms with van der Waals surface area (Å²) >= 11 is 0. The molecule has 0 saturated carbocycles. The molecule has 0 bridgehead atoms. The molecule has 0 spiro atoms. The predicted molar refractivity (Wildman–Crippen MR) is 122 cm³/mol.